The number of para-hydroxylation sites is 1. The van der Waals surface area contributed by atoms with Gasteiger partial charge in [-0.1, -0.05) is 35.0 Å². The predicted molar refractivity (Wildman–Crippen MR) is 123 cm³/mol. The maximum Gasteiger partial charge on any atom is 0.257 e. The third-order valence-electron chi connectivity index (χ3n) is 5.34. The normalized spacial score (nSPS) is 10.7. The first-order valence-corrected chi connectivity index (χ1v) is 10.4. The van der Waals surface area contributed by atoms with E-state index in [0.29, 0.717) is 17.1 Å². The van der Waals surface area contributed by atoms with Crippen molar-refractivity contribution in [2.24, 2.45) is 0 Å². The van der Waals surface area contributed by atoms with E-state index in [-0.39, 0.29) is 25.0 Å². The lowest BCUT2D eigenvalue weighted by Crippen LogP contribution is -2.35. The van der Waals surface area contributed by atoms with Crippen molar-refractivity contribution in [3.05, 3.63) is 75.7 Å². The highest BCUT2D eigenvalue weighted by atomic mass is 16.5. The van der Waals surface area contributed by atoms with Crippen LogP contribution in [-0.2, 0) is 11.4 Å². The van der Waals surface area contributed by atoms with Crippen LogP contribution in [-0.4, -0.2) is 35.5 Å². The number of ether oxygens (including phenoxy) is 1. The zero-order valence-electron chi connectivity index (χ0n) is 19.4. The molecule has 2 amide bonds. The summed E-state index contributed by atoms with van der Waals surface area (Å²) in [5.41, 5.74) is 5.89. The van der Waals surface area contributed by atoms with Crippen molar-refractivity contribution in [1.29, 1.82) is 0 Å². The largest absolute Gasteiger partial charge is 0.488 e. The first kappa shape index (κ1) is 23.1. The van der Waals surface area contributed by atoms with Crippen molar-refractivity contribution in [2.75, 3.05) is 18.9 Å². The lowest BCUT2D eigenvalue weighted by molar-refractivity contribution is -0.116. The number of carbonyl (C=O) groups excluding carboxylic acids is 2. The van der Waals surface area contributed by atoms with Crippen molar-refractivity contribution in [3.63, 3.8) is 0 Å². The molecule has 0 saturated carbocycles. The number of nitrogens with one attached hydrogen (secondary N) is 1. The second kappa shape index (κ2) is 9.68. The van der Waals surface area contributed by atoms with Crippen LogP contribution in [0.15, 0.2) is 40.9 Å². The first-order valence-electron chi connectivity index (χ1n) is 10.4. The molecule has 0 saturated heterocycles. The first-order chi connectivity index (χ1) is 15.2. The SMILES string of the molecule is Cc1cc(C)c(NC(=O)CN(C)C(=O)c2ccccc2OCc2c(C)noc2C)c(C)c1. The lowest BCUT2D eigenvalue weighted by atomic mass is 10.1. The Bertz CT molecular complexity index is 1110. The van der Waals surface area contributed by atoms with E-state index < -0.39 is 0 Å². The average molecular weight is 436 g/mol. The van der Waals surface area contributed by atoms with Gasteiger partial charge in [-0.25, -0.2) is 0 Å². The smallest absolute Gasteiger partial charge is 0.257 e. The summed E-state index contributed by atoms with van der Waals surface area (Å²) in [6.45, 7) is 9.75. The van der Waals surface area contributed by atoms with Crippen molar-refractivity contribution in [1.82, 2.24) is 10.1 Å². The van der Waals surface area contributed by atoms with Crippen LogP contribution in [0.25, 0.3) is 0 Å². The molecule has 0 radical (unpaired) electrons. The zero-order valence-corrected chi connectivity index (χ0v) is 19.4. The van der Waals surface area contributed by atoms with Gasteiger partial charge in [0.15, 0.2) is 0 Å². The van der Waals surface area contributed by atoms with Crippen LogP contribution in [0.3, 0.4) is 0 Å². The molecule has 3 aromatic rings. The molecular formula is C25H29N3O4. The molecule has 0 aliphatic carbocycles. The third kappa shape index (κ3) is 5.17. The molecule has 7 nitrogen and oxygen atoms in total. The Labute approximate surface area is 188 Å². The molecule has 3 rings (SSSR count). The molecule has 0 atom stereocenters. The van der Waals surface area contributed by atoms with Crippen molar-refractivity contribution in [3.8, 4) is 5.75 Å². The molecule has 0 bridgehead atoms. The third-order valence-corrected chi connectivity index (χ3v) is 5.34. The predicted octanol–water partition coefficient (Wildman–Crippen LogP) is 4.51. The second-order valence-electron chi connectivity index (χ2n) is 8.07. The Hall–Kier alpha value is -3.61. The molecule has 2 aromatic carbocycles. The Morgan fingerprint density at radius 1 is 1.06 bits per heavy atom. The van der Waals surface area contributed by atoms with E-state index in [0.717, 1.165) is 33.6 Å². The summed E-state index contributed by atoms with van der Waals surface area (Å²) in [7, 11) is 1.60. The molecule has 1 N–H and O–H groups in total. The van der Waals surface area contributed by atoms with Gasteiger partial charge in [0.05, 0.1) is 23.4 Å². The fraction of sp³-hybridized carbons (Fsp3) is 0.320. The van der Waals surface area contributed by atoms with E-state index in [4.69, 9.17) is 9.26 Å². The van der Waals surface area contributed by atoms with Crippen molar-refractivity contribution < 1.29 is 18.8 Å². The van der Waals surface area contributed by atoms with Gasteiger partial charge in [0.2, 0.25) is 5.91 Å². The summed E-state index contributed by atoms with van der Waals surface area (Å²) < 4.78 is 11.1. The minimum absolute atomic E-state index is 0.0796. The molecular weight excluding hydrogens is 406 g/mol. The van der Waals surface area contributed by atoms with Crippen LogP contribution >= 0.6 is 0 Å². The fourth-order valence-corrected chi connectivity index (χ4v) is 3.68. The molecule has 0 aliphatic rings. The summed E-state index contributed by atoms with van der Waals surface area (Å²) >= 11 is 0. The Morgan fingerprint density at radius 2 is 1.72 bits per heavy atom. The van der Waals surface area contributed by atoms with Gasteiger partial charge in [-0.05, 0) is 57.9 Å². The molecule has 0 aliphatic heterocycles. The Balaban J connectivity index is 1.69. The molecule has 1 aromatic heterocycles. The van der Waals surface area contributed by atoms with Gasteiger partial charge in [-0.2, -0.15) is 0 Å². The van der Waals surface area contributed by atoms with Gasteiger partial charge in [-0.15, -0.1) is 0 Å². The Kier molecular flexibility index (Phi) is 6.98. The van der Waals surface area contributed by atoms with Crippen LogP contribution in [0.5, 0.6) is 5.75 Å². The molecule has 1 heterocycles. The van der Waals surface area contributed by atoms with E-state index >= 15 is 0 Å². The van der Waals surface area contributed by atoms with E-state index in [9.17, 15) is 9.59 Å². The molecule has 7 heteroatoms. The highest BCUT2D eigenvalue weighted by Crippen LogP contribution is 2.24. The molecule has 0 unspecified atom stereocenters. The van der Waals surface area contributed by atoms with Crippen molar-refractivity contribution >= 4 is 17.5 Å². The number of likely N-dealkylation sites (N-methyl/N-ethyl adjacent to an activating group) is 1. The minimum atomic E-state index is -0.299. The number of rotatable bonds is 7. The number of amides is 2. The second-order valence-corrected chi connectivity index (χ2v) is 8.07. The number of nitrogens with zero attached hydrogens (tertiary/aromatic N) is 2. The van der Waals surface area contributed by atoms with Crippen LogP contribution in [0.4, 0.5) is 5.69 Å². The van der Waals surface area contributed by atoms with E-state index in [1.54, 1.807) is 31.3 Å². The quantitative estimate of drug-likeness (QED) is 0.590. The van der Waals surface area contributed by atoms with Gasteiger partial charge in [0.25, 0.3) is 5.91 Å². The zero-order chi connectivity index (χ0) is 23.4. The number of hydrogen-bond acceptors (Lipinski definition) is 5. The summed E-state index contributed by atoms with van der Waals surface area (Å²) in [4.78, 5) is 27.1. The van der Waals surface area contributed by atoms with Crippen LogP contribution < -0.4 is 10.1 Å². The molecule has 168 valence electrons. The highest BCUT2D eigenvalue weighted by molar-refractivity contribution is 6.01. The number of aromatic nitrogens is 1. The number of anilines is 1. The minimum Gasteiger partial charge on any atom is -0.488 e. The summed E-state index contributed by atoms with van der Waals surface area (Å²) in [6, 6.07) is 11.0. The van der Waals surface area contributed by atoms with Crippen molar-refractivity contribution in [2.45, 2.75) is 41.2 Å². The van der Waals surface area contributed by atoms with E-state index in [1.807, 2.05) is 46.8 Å². The monoisotopic (exact) mass is 435 g/mol. The number of hydrogen-bond donors (Lipinski definition) is 1. The standard InChI is InChI=1S/C25H29N3O4/c1-15-11-16(2)24(17(3)12-15)26-23(29)13-28(6)25(30)20-9-7-8-10-22(20)31-14-21-18(4)27-32-19(21)5/h7-12H,13-14H2,1-6H3,(H,26,29). The van der Waals surface area contributed by atoms with Gasteiger partial charge < -0.3 is 19.5 Å². The molecule has 32 heavy (non-hydrogen) atoms. The van der Waals surface area contributed by atoms with Gasteiger partial charge in [0, 0.05) is 12.7 Å². The van der Waals surface area contributed by atoms with Gasteiger partial charge in [0.1, 0.15) is 18.1 Å². The van der Waals surface area contributed by atoms with Crippen LogP contribution in [0, 0.1) is 34.6 Å². The topological polar surface area (TPSA) is 84.7 Å². The van der Waals surface area contributed by atoms with E-state index in [1.165, 1.54) is 4.90 Å². The van der Waals surface area contributed by atoms with Gasteiger partial charge >= 0.3 is 0 Å². The van der Waals surface area contributed by atoms with Crippen LogP contribution in [0.2, 0.25) is 0 Å². The summed E-state index contributed by atoms with van der Waals surface area (Å²) in [6.07, 6.45) is 0. The highest BCUT2D eigenvalue weighted by Gasteiger charge is 2.20. The Morgan fingerprint density at radius 3 is 2.34 bits per heavy atom. The van der Waals surface area contributed by atoms with Crippen LogP contribution in [0.1, 0.15) is 44.1 Å². The van der Waals surface area contributed by atoms with E-state index in [2.05, 4.69) is 10.5 Å². The molecule has 0 spiro atoms. The average Bonchev–Trinajstić information content (AvgIpc) is 3.06. The summed E-state index contributed by atoms with van der Waals surface area (Å²) in [5.74, 6) is 0.564. The molecule has 0 fully saturated rings. The lowest BCUT2D eigenvalue weighted by Gasteiger charge is -2.20. The number of carbonyl (C=O) groups is 2. The fourth-order valence-electron chi connectivity index (χ4n) is 3.68. The number of aryl methyl sites for hydroxylation is 5. The maximum absolute atomic E-state index is 13.1. The van der Waals surface area contributed by atoms with Gasteiger partial charge in [-0.3, -0.25) is 9.59 Å². The maximum atomic E-state index is 13.1. The number of benzene rings is 2. The summed E-state index contributed by atoms with van der Waals surface area (Å²) in [5, 5.41) is 6.86.